The molecule has 2 aromatic rings. The molecule has 4 rings (SSSR count). The standard InChI is InChI=1S/C18H22N4O/c23-18(13-5-3-6-13)21-14-7-4-10-22(11-14)17-15-8-1-2-9-16(15)19-12-20-17/h1-2,8-9,12-14H,3-7,10-11H2,(H,21,23). The predicted octanol–water partition coefficient (Wildman–Crippen LogP) is 2.51. The molecule has 1 aromatic carbocycles. The fourth-order valence-electron chi connectivity index (χ4n) is 3.52. The Bertz CT molecular complexity index is 708. The first-order valence-electron chi connectivity index (χ1n) is 8.56. The van der Waals surface area contributed by atoms with Crippen molar-refractivity contribution >= 4 is 22.6 Å². The van der Waals surface area contributed by atoms with Crippen molar-refractivity contribution in [2.75, 3.05) is 18.0 Å². The highest BCUT2D eigenvalue weighted by Gasteiger charge is 2.29. The third-order valence-corrected chi connectivity index (χ3v) is 5.07. The van der Waals surface area contributed by atoms with Gasteiger partial charge in [0.1, 0.15) is 12.1 Å². The van der Waals surface area contributed by atoms with Crippen LogP contribution in [0.25, 0.3) is 10.9 Å². The zero-order chi connectivity index (χ0) is 15.6. The van der Waals surface area contributed by atoms with Crippen LogP contribution in [0.5, 0.6) is 0 Å². The van der Waals surface area contributed by atoms with Crippen LogP contribution in [0, 0.1) is 5.92 Å². The van der Waals surface area contributed by atoms with Gasteiger partial charge in [0.15, 0.2) is 0 Å². The molecule has 1 N–H and O–H groups in total. The summed E-state index contributed by atoms with van der Waals surface area (Å²) in [5.74, 6) is 1.49. The summed E-state index contributed by atoms with van der Waals surface area (Å²) < 4.78 is 0. The minimum absolute atomic E-state index is 0.227. The molecule has 1 aliphatic carbocycles. The number of anilines is 1. The number of nitrogens with zero attached hydrogens (tertiary/aromatic N) is 3. The van der Waals surface area contributed by atoms with Crippen molar-refractivity contribution in [3.05, 3.63) is 30.6 Å². The van der Waals surface area contributed by atoms with E-state index >= 15 is 0 Å². The highest BCUT2D eigenvalue weighted by Crippen LogP contribution is 2.28. The van der Waals surface area contributed by atoms with Crippen LogP contribution in [0.3, 0.4) is 0 Å². The second-order valence-electron chi connectivity index (χ2n) is 6.64. The molecule has 1 aromatic heterocycles. The van der Waals surface area contributed by atoms with Crippen molar-refractivity contribution in [2.24, 2.45) is 5.92 Å². The van der Waals surface area contributed by atoms with E-state index in [1.807, 2.05) is 18.2 Å². The Morgan fingerprint density at radius 1 is 1.13 bits per heavy atom. The van der Waals surface area contributed by atoms with Crippen molar-refractivity contribution in [1.29, 1.82) is 0 Å². The van der Waals surface area contributed by atoms with Gasteiger partial charge in [-0.25, -0.2) is 9.97 Å². The smallest absolute Gasteiger partial charge is 0.223 e. The molecule has 5 nitrogen and oxygen atoms in total. The molecule has 0 bridgehead atoms. The van der Waals surface area contributed by atoms with Crippen molar-refractivity contribution in [1.82, 2.24) is 15.3 Å². The van der Waals surface area contributed by atoms with Gasteiger partial charge in [-0.1, -0.05) is 18.6 Å². The number of para-hydroxylation sites is 1. The van der Waals surface area contributed by atoms with Crippen molar-refractivity contribution in [3.8, 4) is 0 Å². The molecule has 1 aliphatic heterocycles. The number of benzene rings is 1. The van der Waals surface area contributed by atoms with Crippen LogP contribution in [-0.2, 0) is 4.79 Å². The number of fused-ring (bicyclic) bond motifs is 1. The number of aromatic nitrogens is 2. The average molecular weight is 310 g/mol. The van der Waals surface area contributed by atoms with Crippen LogP contribution >= 0.6 is 0 Å². The second-order valence-corrected chi connectivity index (χ2v) is 6.64. The number of carbonyl (C=O) groups is 1. The lowest BCUT2D eigenvalue weighted by Crippen LogP contribution is -2.50. The summed E-state index contributed by atoms with van der Waals surface area (Å²) in [5, 5.41) is 4.33. The lowest BCUT2D eigenvalue weighted by atomic mass is 9.84. The summed E-state index contributed by atoms with van der Waals surface area (Å²) in [6.07, 6.45) is 7.07. The minimum Gasteiger partial charge on any atom is -0.354 e. The summed E-state index contributed by atoms with van der Waals surface area (Å²) in [4.78, 5) is 23.3. The van der Waals surface area contributed by atoms with Gasteiger partial charge in [0, 0.05) is 30.4 Å². The topological polar surface area (TPSA) is 58.1 Å². The van der Waals surface area contributed by atoms with E-state index in [0.29, 0.717) is 0 Å². The van der Waals surface area contributed by atoms with Crippen LogP contribution in [0.2, 0.25) is 0 Å². The number of nitrogens with one attached hydrogen (secondary N) is 1. The first-order valence-corrected chi connectivity index (χ1v) is 8.56. The molecule has 1 saturated heterocycles. The Labute approximate surface area is 136 Å². The van der Waals surface area contributed by atoms with Crippen LogP contribution < -0.4 is 10.2 Å². The number of hydrogen-bond acceptors (Lipinski definition) is 4. The van der Waals surface area contributed by atoms with Gasteiger partial charge in [0.25, 0.3) is 0 Å². The summed E-state index contributed by atoms with van der Waals surface area (Å²) >= 11 is 0. The molecule has 1 atom stereocenters. The van der Waals surface area contributed by atoms with Crippen LogP contribution in [0.15, 0.2) is 30.6 Å². The first kappa shape index (κ1) is 14.4. The van der Waals surface area contributed by atoms with E-state index in [1.54, 1.807) is 6.33 Å². The summed E-state index contributed by atoms with van der Waals surface area (Å²) in [5.41, 5.74) is 0.970. The molecule has 0 radical (unpaired) electrons. The fourth-order valence-corrected chi connectivity index (χ4v) is 3.52. The van der Waals surface area contributed by atoms with E-state index in [1.165, 1.54) is 6.42 Å². The number of amides is 1. The molecule has 2 heterocycles. The quantitative estimate of drug-likeness (QED) is 0.946. The lowest BCUT2D eigenvalue weighted by Gasteiger charge is -2.36. The van der Waals surface area contributed by atoms with Gasteiger partial charge >= 0.3 is 0 Å². The maximum Gasteiger partial charge on any atom is 0.223 e. The summed E-state index contributed by atoms with van der Waals surface area (Å²) in [6.45, 7) is 1.82. The van der Waals surface area contributed by atoms with Gasteiger partial charge in [-0.05, 0) is 37.8 Å². The first-order chi connectivity index (χ1) is 11.3. The Balaban J connectivity index is 1.51. The van der Waals surface area contributed by atoms with Gasteiger partial charge in [-0.3, -0.25) is 4.79 Å². The number of carbonyl (C=O) groups excluding carboxylic acids is 1. The van der Waals surface area contributed by atoms with E-state index in [0.717, 1.165) is 55.5 Å². The van der Waals surface area contributed by atoms with Gasteiger partial charge < -0.3 is 10.2 Å². The number of piperidine rings is 1. The fraction of sp³-hybridized carbons (Fsp3) is 0.500. The third kappa shape index (κ3) is 2.87. The summed E-state index contributed by atoms with van der Waals surface area (Å²) in [6, 6.07) is 8.33. The molecular formula is C18H22N4O. The van der Waals surface area contributed by atoms with E-state index < -0.39 is 0 Å². The van der Waals surface area contributed by atoms with Crippen LogP contribution in [0.4, 0.5) is 5.82 Å². The highest BCUT2D eigenvalue weighted by molar-refractivity contribution is 5.89. The van der Waals surface area contributed by atoms with Crippen molar-refractivity contribution in [2.45, 2.75) is 38.1 Å². The van der Waals surface area contributed by atoms with Crippen molar-refractivity contribution < 1.29 is 4.79 Å². The molecular weight excluding hydrogens is 288 g/mol. The maximum atomic E-state index is 12.2. The zero-order valence-electron chi connectivity index (χ0n) is 13.2. The number of rotatable bonds is 3. The molecule has 1 unspecified atom stereocenters. The number of hydrogen-bond donors (Lipinski definition) is 1. The molecule has 2 fully saturated rings. The minimum atomic E-state index is 0.227. The molecule has 120 valence electrons. The normalized spacial score (nSPS) is 21.9. The third-order valence-electron chi connectivity index (χ3n) is 5.07. The predicted molar refractivity (Wildman–Crippen MR) is 90.3 cm³/mol. The Morgan fingerprint density at radius 3 is 2.83 bits per heavy atom. The van der Waals surface area contributed by atoms with E-state index in [4.69, 9.17) is 0 Å². The Hall–Kier alpha value is -2.17. The summed E-state index contributed by atoms with van der Waals surface area (Å²) in [7, 11) is 0. The molecule has 1 saturated carbocycles. The lowest BCUT2D eigenvalue weighted by molar-refractivity contribution is -0.128. The highest BCUT2D eigenvalue weighted by atomic mass is 16.2. The Kier molecular flexibility index (Phi) is 3.85. The van der Waals surface area contributed by atoms with Gasteiger partial charge in [-0.2, -0.15) is 0 Å². The molecule has 2 aliphatic rings. The van der Waals surface area contributed by atoms with Gasteiger partial charge in [0.2, 0.25) is 5.91 Å². The molecule has 1 amide bonds. The maximum absolute atomic E-state index is 12.2. The second kappa shape index (κ2) is 6.14. The SMILES string of the molecule is O=C(NC1CCCN(c2ncnc3ccccc23)C1)C1CCC1. The molecule has 0 spiro atoms. The monoisotopic (exact) mass is 310 g/mol. The van der Waals surface area contributed by atoms with Gasteiger partial charge in [-0.15, -0.1) is 0 Å². The van der Waals surface area contributed by atoms with E-state index in [-0.39, 0.29) is 17.9 Å². The zero-order valence-corrected chi connectivity index (χ0v) is 13.2. The van der Waals surface area contributed by atoms with Crippen LogP contribution in [-0.4, -0.2) is 35.0 Å². The Morgan fingerprint density at radius 2 is 2.00 bits per heavy atom. The van der Waals surface area contributed by atoms with Gasteiger partial charge in [0.05, 0.1) is 5.52 Å². The molecule has 5 heteroatoms. The van der Waals surface area contributed by atoms with E-state index in [9.17, 15) is 4.79 Å². The largest absolute Gasteiger partial charge is 0.354 e. The molecule has 23 heavy (non-hydrogen) atoms. The van der Waals surface area contributed by atoms with E-state index in [2.05, 4.69) is 26.3 Å². The van der Waals surface area contributed by atoms with Crippen molar-refractivity contribution in [3.63, 3.8) is 0 Å². The van der Waals surface area contributed by atoms with Crippen LogP contribution in [0.1, 0.15) is 32.1 Å². The average Bonchev–Trinajstić information content (AvgIpc) is 2.53.